The summed E-state index contributed by atoms with van der Waals surface area (Å²) in [6, 6.07) is 10.8. The second kappa shape index (κ2) is 9.06. The molecule has 3 heteroatoms. The van der Waals surface area contributed by atoms with Crippen LogP contribution in [0.1, 0.15) is 39.0 Å². The Bertz CT molecular complexity index is 382. The van der Waals surface area contributed by atoms with Gasteiger partial charge in [-0.25, -0.2) is 0 Å². The van der Waals surface area contributed by atoms with E-state index in [4.69, 9.17) is 10.5 Å². The van der Waals surface area contributed by atoms with Crippen LogP contribution in [-0.2, 0) is 0 Å². The highest BCUT2D eigenvalue weighted by atomic mass is 16.5. The van der Waals surface area contributed by atoms with Gasteiger partial charge >= 0.3 is 0 Å². The summed E-state index contributed by atoms with van der Waals surface area (Å²) in [6.45, 7) is 6.12. The second-order valence-corrected chi connectivity index (χ2v) is 5.99. The summed E-state index contributed by atoms with van der Waals surface area (Å²) < 4.78 is 5.79. The van der Waals surface area contributed by atoms with Crippen molar-refractivity contribution in [2.45, 2.75) is 45.1 Å². The van der Waals surface area contributed by atoms with Crippen LogP contribution in [0.25, 0.3) is 0 Å². The zero-order valence-electron chi connectivity index (χ0n) is 13.3. The number of para-hydroxylation sites is 1. The molecule has 1 fully saturated rings. The summed E-state index contributed by atoms with van der Waals surface area (Å²) in [7, 11) is 0. The fourth-order valence-electron chi connectivity index (χ4n) is 3.48. The SMILES string of the molecule is CCN(CCCOc1ccccc1)C1CCCCC1CN. The quantitative estimate of drug-likeness (QED) is 0.747. The molecular weight excluding hydrogens is 260 g/mol. The first kappa shape index (κ1) is 16.3. The maximum atomic E-state index is 5.97. The van der Waals surface area contributed by atoms with Crippen molar-refractivity contribution in [1.29, 1.82) is 0 Å². The van der Waals surface area contributed by atoms with Crippen LogP contribution in [0.2, 0.25) is 0 Å². The van der Waals surface area contributed by atoms with Crippen molar-refractivity contribution in [2.75, 3.05) is 26.2 Å². The molecule has 0 bridgehead atoms. The van der Waals surface area contributed by atoms with E-state index >= 15 is 0 Å². The molecule has 0 saturated heterocycles. The van der Waals surface area contributed by atoms with Gasteiger partial charge in [-0.05, 0) is 50.4 Å². The molecule has 118 valence electrons. The fraction of sp³-hybridized carbons (Fsp3) is 0.667. The lowest BCUT2D eigenvalue weighted by molar-refractivity contribution is 0.106. The van der Waals surface area contributed by atoms with Crippen LogP contribution in [0.5, 0.6) is 5.75 Å². The molecule has 1 aliphatic carbocycles. The molecule has 1 aromatic carbocycles. The smallest absolute Gasteiger partial charge is 0.119 e. The third-order valence-electron chi connectivity index (χ3n) is 4.65. The minimum absolute atomic E-state index is 0.686. The van der Waals surface area contributed by atoms with Gasteiger partial charge in [0, 0.05) is 12.6 Å². The minimum atomic E-state index is 0.686. The van der Waals surface area contributed by atoms with E-state index in [1.807, 2.05) is 30.3 Å². The van der Waals surface area contributed by atoms with Gasteiger partial charge in [0.25, 0.3) is 0 Å². The van der Waals surface area contributed by atoms with E-state index in [1.165, 1.54) is 25.7 Å². The highest BCUT2D eigenvalue weighted by molar-refractivity contribution is 5.20. The van der Waals surface area contributed by atoms with Crippen molar-refractivity contribution in [3.63, 3.8) is 0 Å². The Balaban J connectivity index is 1.74. The first-order chi connectivity index (χ1) is 10.3. The standard InChI is InChI=1S/C18H30N2O/c1-2-20(18-12-7-6-9-16(18)15-19)13-8-14-21-17-10-4-3-5-11-17/h3-5,10-11,16,18H,2,6-9,12-15,19H2,1H3. The number of ether oxygens (including phenoxy) is 1. The van der Waals surface area contributed by atoms with Crippen molar-refractivity contribution in [1.82, 2.24) is 4.90 Å². The first-order valence-electron chi connectivity index (χ1n) is 8.47. The van der Waals surface area contributed by atoms with Gasteiger partial charge in [-0.3, -0.25) is 0 Å². The van der Waals surface area contributed by atoms with Crippen LogP contribution in [0.3, 0.4) is 0 Å². The second-order valence-electron chi connectivity index (χ2n) is 5.99. The highest BCUT2D eigenvalue weighted by Gasteiger charge is 2.27. The monoisotopic (exact) mass is 290 g/mol. The molecule has 2 atom stereocenters. The number of hydrogen-bond donors (Lipinski definition) is 1. The number of nitrogens with two attached hydrogens (primary N) is 1. The van der Waals surface area contributed by atoms with E-state index < -0.39 is 0 Å². The van der Waals surface area contributed by atoms with Gasteiger partial charge in [-0.2, -0.15) is 0 Å². The fourth-order valence-corrected chi connectivity index (χ4v) is 3.48. The molecule has 0 spiro atoms. The van der Waals surface area contributed by atoms with E-state index in [2.05, 4.69) is 11.8 Å². The Hall–Kier alpha value is -1.06. The third-order valence-corrected chi connectivity index (χ3v) is 4.65. The van der Waals surface area contributed by atoms with Gasteiger partial charge in [0.15, 0.2) is 0 Å². The molecule has 1 aliphatic rings. The predicted octanol–water partition coefficient (Wildman–Crippen LogP) is 3.29. The Kier molecular flexibility index (Phi) is 7.04. The molecular formula is C18H30N2O. The van der Waals surface area contributed by atoms with Gasteiger partial charge < -0.3 is 15.4 Å². The summed E-state index contributed by atoms with van der Waals surface area (Å²) in [5.74, 6) is 1.66. The highest BCUT2D eigenvalue weighted by Crippen LogP contribution is 2.27. The van der Waals surface area contributed by atoms with Crippen LogP contribution in [0.15, 0.2) is 30.3 Å². The van der Waals surface area contributed by atoms with Gasteiger partial charge in [-0.15, -0.1) is 0 Å². The molecule has 0 aliphatic heterocycles. The lowest BCUT2D eigenvalue weighted by Gasteiger charge is -2.39. The Morgan fingerprint density at radius 1 is 1.19 bits per heavy atom. The van der Waals surface area contributed by atoms with Crippen molar-refractivity contribution in [3.05, 3.63) is 30.3 Å². The molecule has 1 aromatic rings. The molecule has 1 saturated carbocycles. The lowest BCUT2D eigenvalue weighted by atomic mass is 9.83. The Morgan fingerprint density at radius 3 is 2.67 bits per heavy atom. The van der Waals surface area contributed by atoms with Gasteiger partial charge in [-0.1, -0.05) is 38.0 Å². The third kappa shape index (κ3) is 5.01. The van der Waals surface area contributed by atoms with Gasteiger partial charge in [0.05, 0.1) is 6.61 Å². The molecule has 2 N–H and O–H groups in total. The molecule has 21 heavy (non-hydrogen) atoms. The maximum absolute atomic E-state index is 5.97. The van der Waals surface area contributed by atoms with Crippen molar-refractivity contribution >= 4 is 0 Å². The van der Waals surface area contributed by atoms with E-state index in [0.717, 1.165) is 38.4 Å². The van der Waals surface area contributed by atoms with Crippen LogP contribution in [0, 0.1) is 5.92 Å². The van der Waals surface area contributed by atoms with Crippen molar-refractivity contribution in [3.8, 4) is 5.75 Å². The summed E-state index contributed by atoms with van der Waals surface area (Å²) in [5.41, 5.74) is 5.97. The van der Waals surface area contributed by atoms with Crippen molar-refractivity contribution < 1.29 is 4.74 Å². The summed E-state index contributed by atoms with van der Waals surface area (Å²) >= 11 is 0. The molecule has 2 unspecified atom stereocenters. The topological polar surface area (TPSA) is 38.5 Å². The zero-order chi connectivity index (χ0) is 14.9. The number of nitrogens with zero attached hydrogens (tertiary/aromatic N) is 1. The van der Waals surface area contributed by atoms with Gasteiger partial charge in [0.1, 0.15) is 5.75 Å². The molecule has 0 aromatic heterocycles. The Morgan fingerprint density at radius 2 is 1.95 bits per heavy atom. The van der Waals surface area contributed by atoms with E-state index in [0.29, 0.717) is 12.0 Å². The van der Waals surface area contributed by atoms with Gasteiger partial charge in [0.2, 0.25) is 0 Å². The van der Waals surface area contributed by atoms with Crippen LogP contribution in [-0.4, -0.2) is 37.2 Å². The van der Waals surface area contributed by atoms with Crippen molar-refractivity contribution in [2.24, 2.45) is 11.7 Å². The number of hydrogen-bond acceptors (Lipinski definition) is 3. The maximum Gasteiger partial charge on any atom is 0.119 e. The van der Waals surface area contributed by atoms with E-state index in [1.54, 1.807) is 0 Å². The molecule has 2 rings (SSSR count). The normalized spacial score (nSPS) is 22.4. The average Bonchev–Trinajstić information content (AvgIpc) is 2.56. The summed E-state index contributed by atoms with van der Waals surface area (Å²) in [4.78, 5) is 2.62. The molecule has 3 nitrogen and oxygen atoms in total. The largest absolute Gasteiger partial charge is 0.494 e. The number of rotatable bonds is 8. The van der Waals surface area contributed by atoms with Crippen LogP contribution >= 0.6 is 0 Å². The van der Waals surface area contributed by atoms with Crippen LogP contribution < -0.4 is 10.5 Å². The predicted molar refractivity (Wildman–Crippen MR) is 88.6 cm³/mol. The minimum Gasteiger partial charge on any atom is -0.494 e. The average molecular weight is 290 g/mol. The summed E-state index contributed by atoms with van der Waals surface area (Å²) in [6.07, 6.45) is 6.41. The molecule has 0 amide bonds. The lowest BCUT2D eigenvalue weighted by Crippen LogP contribution is -2.45. The van der Waals surface area contributed by atoms with Crippen LogP contribution in [0.4, 0.5) is 0 Å². The molecule has 0 heterocycles. The van der Waals surface area contributed by atoms with E-state index in [-0.39, 0.29) is 0 Å². The first-order valence-corrected chi connectivity index (χ1v) is 8.47. The Labute approximate surface area is 129 Å². The summed E-state index contributed by atoms with van der Waals surface area (Å²) in [5, 5.41) is 0. The number of benzene rings is 1. The van der Waals surface area contributed by atoms with E-state index in [9.17, 15) is 0 Å². The zero-order valence-corrected chi connectivity index (χ0v) is 13.3. The molecule has 0 radical (unpaired) electrons.